The van der Waals surface area contributed by atoms with Gasteiger partial charge in [0.05, 0.1) is 7.11 Å². The molecule has 1 aliphatic carbocycles. The van der Waals surface area contributed by atoms with Crippen LogP contribution < -0.4 is 15.7 Å². The third-order valence-electron chi connectivity index (χ3n) is 6.51. The number of methoxy groups -OCH3 is 2. The van der Waals surface area contributed by atoms with E-state index in [2.05, 4.69) is 5.32 Å². The molecule has 164 valence electrons. The van der Waals surface area contributed by atoms with Gasteiger partial charge in [-0.3, -0.25) is 4.79 Å². The molecule has 0 saturated heterocycles. The number of hydrogen-bond acceptors (Lipinski definition) is 5. The van der Waals surface area contributed by atoms with Crippen molar-refractivity contribution >= 4 is 16.9 Å². The Morgan fingerprint density at radius 3 is 2.67 bits per heavy atom. The van der Waals surface area contributed by atoms with E-state index in [4.69, 9.17) is 13.9 Å². The summed E-state index contributed by atoms with van der Waals surface area (Å²) in [6.45, 7) is 3.30. The summed E-state index contributed by atoms with van der Waals surface area (Å²) in [5, 5.41) is 3.99. The summed E-state index contributed by atoms with van der Waals surface area (Å²) in [4.78, 5) is 25.0. The smallest absolute Gasteiger partial charge is 0.339 e. The highest BCUT2D eigenvalue weighted by molar-refractivity contribution is 5.82. The number of amides is 1. The van der Waals surface area contributed by atoms with Gasteiger partial charge in [-0.25, -0.2) is 4.79 Å². The van der Waals surface area contributed by atoms with Crippen molar-refractivity contribution in [3.63, 3.8) is 0 Å². The van der Waals surface area contributed by atoms with E-state index in [0.29, 0.717) is 29.9 Å². The Hall–Kier alpha value is -2.34. The molecule has 1 aromatic carbocycles. The van der Waals surface area contributed by atoms with Crippen LogP contribution in [0.5, 0.6) is 5.75 Å². The van der Waals surface area contributed by atoms with Gasteiger partial charge in [-0.15, -0.1) is 0 Å². The minimum absolute atomic E-state index is 0.0222. The molecule has 2 aromatic rings. The highest BCUT2D eigenvalue weighted by atomic mass is 16.5. The van der Waals surface area contributed by atoms with E-state index in [-0.39, 0.29) is 23.4 Å². The van der Waals surface area contributed by atoms with Crippen LogP contribution in [-0.2, 0) is 16.0 Å². The first-order valence-electron chi connectivity index (χ1n) is 10.8. The van der Waals surface area contributed by atoms with E-state index in [1.807, 2.05) is 19.1 Å². The maximum atomic E-state index is 12.6. The summed E-state index contributed by atoms with van der Waals surface area (Å²) in [7, 11) is 3.30. The molecule has 1 saturated carbocycles. The van der Waals surface area contributed by atoms with Crippen LogP contribution in [0.25, 0.3) is 11.0 Å². The lowest BCUT2D eigenvalue weighted by Crippen LogP contribution is -2.40. The third-order valence-corrected chi connectivity index (χ3v) is 6.51. The Balaban J connectivity index is 1.64. The first kappa shape index (κ1) is 22.3. The van der Waals surface area contributed by atoms with Crippen LogP contribution in [0.1, 0.15) is 56.1 Å². The third kappa shape index (κ3) is 5.22. The predicted molar refractivity (Wildman–Crippen MR) is 117 cm³/mol. The highest BCUT2D eigenvalue weighted by Gasteiger charge is 2.32. The number of carbonyl (C=O) groups is 1. The lowest BCUT2D eigenvalue weighted by atomic mass is 9.72. The van der Waals surface area contributed by atoms with Gasteiger partial charge >= 0.3 is 5.63 Å². The fraction of sp³-hybridized carbons (Fsp3) is 0.583. The number of benzene rings is 1. The number of fused-ring (bicyclic) bond motifs is 1. The fourth-order valence-corrected chi connectivity index (χ4v) is 4.54. The average Bonchev–Trinajstić information content (AvgIpc) is 2.76. The summed E-state index contributed by atoms with van der Waals surface area (Å²) in [6, 6.07) is 5.44. The largest absolute Gasteiger partial charge is 0.497 e. The zero-order valence-corrected chi connectivity index (χ0v) is 18.3. The minimum Gasteiger partial charge on any atom is -0.497 e. The summed E-state index contributed by atoms with van der Waals surface area (Å²) < 4.78 is 16.0. The molecule has 3 rings (SSSR count). The van der Waals surface area contributed by atoms with Crippen molar-refractivity contribution in [2.24, 2.45) is 5.41 Å². The SMILES string of the molecule is COCCC1(CNC(=O)CCc2c(C)c3ccc(OC)cc3oc2=O)CCCCC1. The van der Waals surface area contributed by atoms with Gasteiger partial charge in [0.2, 0.25) is 5.91 Å². The van der Waals surface area contributed by atoms with Gasteiger partial charge in [-0.05, 0) is 55.7 Å². The van der Waals surface area contributed by atoms with E-state index in [1.165, 1.54) is 19.3 Å². The summed E-state index contributed by atoms with van der Waals surface area (Å²) >= 11 is 0. The quantitative estimate of drug-likeness (QED) is 0.623. The van der Waals surface area contributed by atoms with Crippen molar-refractivity contribution < 1.29 is 18.7 Å². The van der Waals surface area contributed by atoms with Crippen molar-refractivity contribution in [1.82, 2.24) is 5.32 Å². The molecule has 1 heterocycles. The lowest BCUT2D eigenvalue weighted by Gasteiger charge is -2.37. The van der Waals surface area contributed by atoms with Crippen LogP contribution in [0, 0.1) is 12.3 Å². The monoisotopic (exact) mass is 415 g/mol. The number of carbonyl (C=O) groups excluding carboxylic acids is 1. The summed E-state index contributed by atoms with van der Waals surface area (Å²) in [6.07, 6.45) is 7.57. The van der Waals surface area contributed by atoms with E-state index in [9.17, 15) is 9.59 Å². The van der Waals surface area contributed by atoms with Crippen molar-refractivity contribution in [2.45, 2.75) is 58.3 Å². The first-order valence-corrected chi connectivity index (χ1v) is 10.8. The zero-order chi connectivity index (χ0) is 21.6. The summed E-state index contributed by atoms with van der Waals surface area (Å²) in [5.41, 5.74) is 1.68. The molecular weight excluding hydrogens is 382 g/mol. The maximum absolute atomic E-state index is 12.6. The molecule has 0 spiro atoms. The molecule has 1 amide bonds. The number of nitrogens with one attached hydrogen (secondary N) is 1. The number of hydrogen-bond donors (Lipinski definition) is 1. The topological polar surface area (TPSA) is 77.8 Å². The van der Waals surface area contributed by atoms with Crippen molar-refractivity contribution in [2.75, 3.05) is 27.4 Å². The Morgan fingerprint density at radius 1 is 1.20 bits per heavy atom. The van der Waals surface area contributed by atoms with Gasteiger partial charge in [0.15, 0.2) is 0 Å². The van der Waals surface area contributed by atoms with Crippen molar-refractivity contribution in [3.8, 4) is 5.75 Å². The van der Waals surface area contributed by atoms with Gasteiger partial charge in [-0.2, -0.15) is 0 Å². The van der Waals surface area contributed by atoms with E-state index in [0.717, 1.165) is 36.8 Å². The van der Waals surface area contributed by atoms with Crippen LogP contribution in [0.15, 0.2) is 27.4 Å². The Kier molecular flexibility index (Phi) is 7.53. The minimum atomic E-state index is -0.384. The second kappa shape index (κ2) is 10.1. The zero-order valence-electron chi connectivity index (χ0n) is 18.3. The molecule has 1 N–H and O–H groups in total. The van der Waals surface area contributed by atoms with Crippen LogP contribution in [0.3, 0.4) is 0 Å². The Morgan fingerprint density at radius 2 is 1.97 bits per heavy atom. The molecular formula is C24H33NO5. The molecule has 0 bridgehead atoms. The standard InChI is InChI=1S/C24H33NO5/c1-17-19-8-7-18(29-3)15-21(19)30-23(27)20(17)9-10-22(26)25-16-24(13-14-28-2)11-5-4-6-12-24/h7-8,15H,4-6,9-14,16H2,1-3H3,(H,25,26). The lowest BCUT2D eigenvalue weighted by molar-refractivity contribution is -0.121. The van der Waals surface area contributed by atoms with Crippen LogP contribution in [0.4, 0.5) is 0 Å². The fourth-order valence-electron chi connectivity index (χ4n) is 4.54. The van der Waals surface area contributed by atoms with Gasteiger partial charge in [0.25, 0.3) is 0 Å². The van der Waals surface area contributed by atoms with E-state index < -0.39 is 0 Å². The molecule has 0 unspecified atom stereocenters. The summed E-state index contributed by atoms with van der Waals surface area (Å²) in [5.74, 6) is 0.619. The number of rotatable bonds is 9. The predicted octanol–water partition coefficient (Wildman–Crippen LogP) is 4.15. The molecule has 0 aliphatic heterocycles. The second-order valence-corrected chi connectivity index (χ2v) is 8.44. The molecule has 6 heteroatoms. The molecule has 6 nitrogen and oxygen atoms in total. The normalized spacial score (nSPS) is 15.8. The van der Waals surface area contributed by atoms with Gasteiger partial charge in [0.1, 0.15) is 11.3 Å². The van der Waals surface area contributed by atoms with Gasteiger partial charge in [-0.1, -0.05) is 19.3 Å². The molecule has 1 aliphatic rings. The van der Waals surface area contributed by atoms with Crippen molar-refractivity contribution in [3.05, 3.63) is 39.7 Å². The Bertz CT molecular complexity index is 927. The number of aryl methyl sites for hydroxylation is 1. The van der Waals surface area contributed by atoms with E-state index in [1.54, 1.807) is 20.3 Å². The highest BCUT2D eigenvalue weighted by Crippen LogP contribution is 2.38. The van der Waals surface area contributed by atoms with Crippen LogP contribution in [-0.4, -0.2) is 33.3 Å². The van der Waals surface area contributed by atoms with E-state index >= 15 is 0 Å². The molecule has 0 radical (unpaired) electrons. The van der Waals surface area contributed by atoms with Gasteiger partial charge < -0.3 is 19.2 Å². The Labute approximate surface area is 177 Å². The second-order valence-electron chi connectivity index (χ2n) is 8.44. The molecule has 0 atom stereocenters. The molecule has 1 fully saturated rings. The van der Waals surface area contributed by atoms with Crippen LogP contribution in [0.2, 0.25) is 0 Å². The maximum Gasteiger partial charge on any atom is 0.339 e. The average molecular weight is 416 g/mol. The molecule has 30 heavy (non-hydrogen) atoms. The number of ether oxygens (including phenoxy) is 2. The molecule has 1 aromatic heterocycles. The van der Waals surface area contributed by atoms with Crippen molar-refractivity contribution in [1.29, 1.82) is 0 Å². The van der Waals surface area contributed by atoms with Crippen LogP contribution >= 0.6 is 0 Å². The first-order chi connectivity index (χ1) is 14.5. The van der Waals surface area contributed by atoms with Gasteiger partial charge in [0, 0.05) is 43.7 Å².